The first-order chi connectivity index (χ1) is 23.6. The monoisotopic (exact) mass is 792 g/mol. The van der Waals surface area contributed by atoms with Gasteiger partial charge in [-0.2, -0.15) is 4.31 Å². The van der Waals surface area contributed by atoms with Gasteiger partial charge in [0.15, 0.2) is 17.7 Å². The van der Waals surface area contributed by atoms with Crippen molar-refractivity contribution in [2.24, 2.45) is 10.6 Å². The first-order valence-corrected chi connectivity index (χ1v) is 19.0. The quantitative estimate of drug-likeness (QED) is 0.0440. The standard InChI is InChI=1S/C23H39N8O17P3/c1-12(30-43-4)7-26-14(32)5-6-25-21(35)18(34)23(2,3)9-45-51(41,42)48-50(39,40)44-8-13-17(47-49(36,37)38)16(33)22(46-13)31-11-29-15-19(24)27-10-28-20(15)31/h10-11,13,16-18,22,33-34H,5-9H2,1-4H3,(H,25,35)(H,26,32)(H,39,40)(H,41,42)(H2,24,27,28)(H2,36,37,38)/b30-12+. The lowest BCUT2D eigenvalue weighted by Gasteiger charge is -2.30. The second-order valence-electron chi connectivity index (χ2n) is 11.5. The molecule has 0 radical (unpaired) electrons. The molecule has 2 aromatic heterocycles. The molecule has 3 rings (SSSR count). The number of oxime groups is 1. The molecule has 288 valence electrons. The van der Waals surface area contributed by atoms with Crippen LogP contribution in [-0.4, -0.2) is 125 Å². The Morgan fingerprint density at radius 3 is 2.43 bits per heavy atom. The fourth-order valence-electron chi connectivity index (χ4n) is 4.35. The molecule has 7 unspecified atom stereocenters. The van der Waals surface area contributed by atoms with Crippen LogP contribution < -0.4 is 16.4 Å². The minimum absolute atomic E-state index is 0.0332. The number of nitrogens with one attached hydrogen (secondary N) is 2. The Labute approximate surface area is 288 Å². The van der Waals surface area contributed by atoms with Gasteiger partial charge in [-0.3, -0.25) is 27.7 Å². The topological polar surface area (TPSA) is 368 Å². The molecule has 28 heteroatoms. The molecule has 0 bridgehead atoms. The molecule has 2 amide bonds. The largest absolute Gasteiger partial charge is 0.481 e. The molecule has 25 nitrogen and oxygen atoms in total. The molecule has 0 aromatic carbocycles. The number of aliphatic hydroxyl groups is 2. The van der Waals surface area contributed by atoms with E-state index >= 15 is 0 Å². The predicted molar refractivity (Wildman–Crippen MR) is 170 cm³/mol. The molecule has 1 aliphatic heterocycles. The maximum absolute atomic E-state index is 12.6. The van der Waals surface area contributed by atoms with E-state index in [1.165, 1.54) is 21.0 Å². The zero-order valence-corrected chi connectivity index (χ0v) is 30.1. The molecule has 1 aliphatic rings. The van der Waals surface area contributed by atoms with Crippen molar-refractivity contribution in [3.8, 4) is 0 Å². The summed E-state index contributed by atoms with van der Waals surface area (Å²) in [5.74, 6) is -1.45. The highest BCUT2D eigenvalue weighted by Crippen LogP contribution is 2.61. The van der Waals surface area contributed by atoms with Crippen molar-refractivity contribution in [1.29, 1.82) is 0 Å². The number of nitrogens with two attached hydrogens (primary N) is 1. The molecule has 2 aromatic rings. The average Bonchev–Trinajstić information content (AvgIpc) is 3.58. The number of nitrogens with zero attached hydrogens (tertiary/aromatic N) is 5. The van der Waals surface area contributed by atoms with Crippen molar-refractivity contribution >= 4 is 58.0 Å². The molecule has 3 heterocycles. The van der Waals surface area contributed by atoms with Gasteiger partial charge in [-0.15, -0.1) is 0 Å². The van der Waals surface area contributed by atoms with Gasteiger partial charge in [0.1, 0.15) is 43.4 Å². The van der Waals surface area contributed by atoms with Gasteiger partial charge < -0.3 is 55.7 Å². The number of anilines is 1. The minimum Gasteiger partial charge on any atom is -0.399 e. The molecule has 0 spiro atoms. The molecule has 10 N–H and O–H groups in total. The Hall–Kier alpha value is -2.99. The van der Waals surface area contributed by atoms with Crippen LogP contribution in [0.4, 0.5) is 5.82 Å². The summed E-state index contributed by atoms with van der Waals surface area (Å²) in [5.41, 5.74) is 4.76. The number of ether oxygens (including phenoxy) is 1. The number of hydrogen-bond donors (Lipinski definition) is 9. The summed E-state index contributed by atoms with van der Waals surface area (Å²) in [5, 5.41) is 29.8. The number of phosphoric ester groups is 3. The van der Waals surface area contributed by atoms with Crippen LogP contribution in [0, 0.1) is 5.41 Å². The number of aromatic nitrogens is 4. The normalized spacial score (nSPS) is 23.0. The van der Waals surface area contributed by atoms with E-state index in [-0.39, 0.29) is 36.5 Å². The predicted octanol–water partition coefficient (Wildman–Crippen LogP) is -1.57. The van der Waals surface area contributed by atoms with Crippen molar-refractivity contribution in [2.45, 2.75) is 57.8 Å². The van der Waals surface area contributed by atoms with Crippen LogP contribution in [0.2, 0.25) is 0 Å². The molecule has 1 fully saturated rings. The third-order valence-electron chi connectivity index (χ3n) is 6.87. The molecule has 1 saturated heterocycles. The van der Waals surface area contributed by atoms with Gasteiger partial charge in [0, 0.05) is 18.4 Å². The Balaban J connectivity index is 1.57. The van der Waals surface area contributed by atoms with E-state index in [0.717, 1.165) is 17.2 Å². The van der Waals surface area contributed by atoms with Gasteiger partial charge >= 0.3 is 23.5 Å². The van der Waals surface area contributed by atoms with Gasteiger partial charge in [-0.05, 0) is 6.92 Å². The van der Waals surface area contributed by atoms with Gasteiger partial charge in [0.2, 0.25) is 11.8 Å². The van der Waals surface area contributed by atoms with Crippen LogP contribution in [0.25, 0.3) is 11.2 Å². The molecule has 0 aliphatic carbocycles. The lowest BCUT2D eigenvalue weighted by atomic mass is 9.87. The zero-order valence-electron chi connectivity index (χ0n) is 27.4. The molecule has 7 atom stereocenters. The number of imidazole rings is 1. The van der Waals surface area contributed by atoms with Crippen molar-refractivity contribution in [1.82, 2.24) is 30.2 Å². The van der Waals surface area contributed by atoms with Crippen molar-refractivity contribution < 1.29 is 80.5 Å². The van der Waals surface area contributed by atoms with E-state index < -0.39 is 84.6 Å². The maximum atomic E-state index is 12.6. The van der Waals surface area contributed by atoms with Gasteiger partial charge in [0.05, 0.1) is 31.8 Å². The van der Waals surface area contributed by atoms with E-state index in [1.807, 2.05) is 0 Å². The number of phosphoric acid groups is 3. The van der Waals surface area contributed by atoms with Crippen LogP contribution in [0.15, 0.2) is 17.8 Å². The van der Waals surface area contributed by atoms with Crippen LogP contribution in [0.5, 0.6) is 0 Å². The first kappa shape index (κ1) is 42.4. The second-order valence-corrected chi connectivity index (χ2v) is 15.7. The lowest BCUT2D eigenvalue weighted by molar-refractivity contribution is -0.137. The average molecular weight is 793 g/mol. The van der Waals surface area contributed by atoms with Gasteiger partial charge in [0.25, 0.3) is 0 Å². The van der Waals surface area contributed by atoms with Crippen molar-refractivity contribution in [3.63, 3.8) is 0 Å². The summed E-state index contributed by atoms with van der Waals surface area (Å²) < 4.78 is 61.9. The number of nitrogen functional groups attached to an aromatic ring is 1. The van der Waals surface area contributed by atoms with Crippen LogP contribution in [0.1, 0.15) is 33.4 Å². The number of hydrogen-bond acceptors (Lipinski definition) is 18. The number of rotatable bonds is 19. The summed E-state index contributed by atoms with van der Waals surface area (Å²) in [6.07, 6.45) is -6.87. The summed E-state index contributed by atoms with van der Waals surface area (Å²) in [4.78, 5) is 79.7. The zero-order chi connectivity index (χ0) is 38.4. The molecule has 0 saturated carbocycles. The first-order valence-electron chi connectivity index (χ1n) is 14.5. The van der Waals surface area contributed by atoms with Gasteiger partial charge in [-0.25, -0.2) is 28.6 Å². The van der Waals surface area contributed by atoms with Crippen molar-refractivity contribution in [2.75, 3.05) is 39.1 Å². The smallest absolute Gasteiger partial charge is 0.399 e. The van der Waals surface area contributed by atoms with E-state index in [0.29, 0.717) is 5.71 Å². The number of carbonyl (C=O) groups is 2. The van der Waals surface area contributed by atoms with E-state index in [4.69, 9.17) is 19.5 Å². The lowest BCUT2D eigenvalue weighted by Crippen LogP contribution is -2.46. The molecular formula is C23H39N8O17P3. The Morgan fingerprint density at radius 2 is 1.78 bits per heavy atom. The van der Waals surface area contributed by atoms with Crippen molar-refractivity contribution in [3.05, 3.63) is 12.7 Å². The fourth-order valence-corrected chi connectivity index (χ4v) is 7.18. The summed E-state index contributed by atoms with van der Waals surface area (Å²) in [6, 6.07) is 0. The molecular weight excluding hydrogens is 753 g/mol. The number of aliphatic hydroxyl groups excluding tert-OH is 2. The maximum Gasteiger partial charge on any atom is 0.481 e. The number of carbonyl (C=O) groups excluding carboxylic acids is 2. The highest BCUT2D eigenvalue weighted by molar-refractivity contribution is 7.61. The van der Waals surface area contributed by atoms with Gasteiger partial charge in [-0.1, -0.05) is 19.0 Å². The number of amides is 2. The fraction of sp³-hybridized carbons (Fsp3) is 0.652. The second kappa shape index (κ2) is 17.2. The van der Waals surface area contributed by atoms with Crippen LogP contribution in [0.3, 0.4) is 0 Å². The van der Waals surface area contributed by atoms with E-state index in [1.54, 1.807) is 6.92 Å². The molecule has 51 heavy (non-hydrogen) atoms. The summed E-state index contributed by atoms with van der Waals surface area (Å²) in [7, 11) is -15.0. The highest BCUT2D eigenvalue weighted by atomic mass is 31.3. The highest BCUT2D eigenvalue weighted by Gasteiger charge is 2.50. The van der Waals surface area contributed by atoms with Crippen LogP contribution in [-0.2, 0) is 50.7 Å². The third-order valence-corrected chi connectivity index (χ3v) is 9.97. The minimum atomic E-state index is -5.55. The van der Waals surface area contributed by atoms with E-state index in [2.05, 4.69) is 44.4 Å². The SMILES string of the molecule is CO/N=C(\C)CNC(=O)CCNC(=O)C(O)C(C)(C)COP(=O)(O)OP(=O)(O)OCC1OC(n2cnc3c(N)ncnc32)C(O)C1OP(=O)(O)O. The third kappa shape index (κ3) is 12.3. The summed E-state index contributed by atoms with van der Waals surface area (Å²) >= 11 is 0. The Bertz CT molecular complexity index is 1720. The summed E-state index contributed by atoms with van der Waals surface area (Å²) in [6.45, 7) is 2.03. The Kier molecular flexibility index (Phi) is 14.3. The number of fused-ring (bicyclic) bond motifs is 1. The van der Waals surface area contributed by atoms with E-state index in [9.17, 15) is 53.1 Å². The van der Waals surface area contributed by atoms with Crippen LogP contribution >= 0.6 is 23.5 Å². The Morgan fingerprint density at radius 1 is 1.12 bits per heavy atom.